The molecule has 0 spiro atoms. The number of aromatic nitrogens is 2. The minimum atomic E-state index is -0.250. The zero-order chi connectivity index (χ0) is 18.4. The van der Waals surface area contributed by atoms with Gasteiger partial charge in [0.05, 0.1) is 0 Å². The highest BCUT2D eigenvalue weighted by molar-refractivity contribution is 7.08. The van der Waals surface area contributed by atoms with E-state index in [1.54, 1.807) is 11.3 Å². The smallest absolute Gasteiger partial charge is 0.290 e. The van der Waals surface area contributed by atoms with Crippen LogP contribution in [0.25, 0.3) is 11.4 Å². The van der Waals surface area contributed by atoms with Crippen LogP contribution in [0.2, 0.25) is 0 Å². The average Bonchev–Trinajstić information content (AvgIpc) is 3.34. The Morgan fingerprint density at radius 2 is 2.04 bits per heavy atom. The van der Waals surface area contributed by atoms with Crippen LogP contribution in [0.15, 0.2) is 47.4 Å². The number of hydrogen-bond acceptors (Lipinski definition) is 4. The molecule has 2 N–H and O–H groups in total. The van der Waals surface area contributed by atoms with E-state index in [0.29, 0.717) is 6.04 Å². The third-order valence-electron chi connectivity index (χ3n) is 4.68. The van der Waals surface area contributed by atoms with Crippen LogP contribution in [-0.4, -0.2) is 33.1 Å². The number of thiophene rings is 1. The minimum absolute atomic E-state index is 0.0576. The Balaban J connectivity index is 0.000000613. The number of amides is 1. The molecule has 2 aliphatic heterocycles. The maximum Gasteiger partial charge on any atom is 0.290 e. The number of nitrogens with zero attached hydrogens (tertiary/aromatic N) is 2. The number of carbonyl (C=O) groups excluding carboxylic acids is 1. The van der Waals surface area contributed by atoms with Gasteiger partial charge in [-0.05, 0) is 55.3 Å². The fraction of sp³-hybridized carbons (Fsp3) is 0.316. The lowest BCUT2D eigenvalue weighted by atomic mass is 9.90. The maximum absolute atomic E-state index is 12.1. The second-order valence-corrected chi connectivity index (χ2v) is 7.02. The van der Waals surface area contributed by atoms with Gasteiger partial charge in [-0.15, -0.1) is 0 Å². The van der Waals surface area contributed by atoms with Crippen LogP contribution in [0.4, 0.5) is 0 Å². The van der Waals surface area contributed by atoms with E-state index in [9.17, 15) is 4.79 Å². The van der Waals surface area contributed by atoms with Crippen molar-refractivity contribution in [3.05, 3.63) is 53.0 Å². The van der Waals surface area contributed by atoms with Gasteiger partial charge in [-0.1, -0.05) is 0 Å². The van der Waals surface area contributed by atoms with Gasteiger partial charge in [-0.25, -0.2) is 4.98 Å². The largest absolute Gasteiger partial charge is 0.483 e. The number of nitrogens with one attached hydrogen (secondary N) is 1. The summed E-state index contributed by atoms with van der Waals surface area (Å²) in [4.78, 5) is 25.0. The van der Waals surface area contributed by atoms with E-state index in [2.05, 4.69) is 39.3 Å². The molecule has 1 aromatic rings. The molecule has 1 fully saturated rings. The van der Waals surface area contributed by atoms with E-state index in [-0.39, 0.29) is 18.4 Å². The Bertz CT molecular complexity index is 807. The highest BCUT2D eigenvalue weighted by Gasteiger charge is 2.25. The number of rotatable bonds is 3. The van der Waals surface area contributed by atoms with E-state index in [0.717, 1.165) is 37.1 Å². The summed E-state index contributed by atoms with van der Waals surface area (Å²) in [5.41, 5.74) is 1.97. The van der Waals surface area contributed by atoms with Crippen molar-refractivity contribution in [2.75, 3.05) is 0 Å². The molecule has 0 atom stereocenters. The molecule has 1 amide bonds. The van der Waals surface area contributed by atoms with Gasteiger partial charge >= 0.3 is 0 Å². The number of pyridine rings is 1. The zero-order valence-corrected chi connectivity index (χ0v) is 15.1. The van der Waals surface area contributed by atoms with Gasteiger partial charge in [0.2, 0.25) is 0 Å². The van der Waals surface area contributed by atoms with Gasteiger partial charge in [0.1, 0.15) is 5.82 Å². The molecule has 1 saturated carbocycles. The first-order valence-electron chi connectivity index (χ1n) is 8.55. The second-order valence-electron chi connectivity index (χ2n) is 6.24. The lowest BCUT2D eigenvalue weighted by molar-refractivity contribution is -0.122. The standard InChI is InChI=1S/C18H19N3OS.CH2O2/c22-18(14-8-11-23-12-14)20-15-3-5-16(6-4-15)21-10-1-2-13-7-9-19-17(13)21;2-1-3/h1-2,7-12,15-16H,3-6H2,(H,20,22);1H,(H,2,3). The number of carboxylic acid groups (broad SMARTS) is 1. The van der Waals surface area contributed by atoms with Crippen molar-refractivity contribution in [1.29, 1.82) is 0 Å². The Kier molecular flexibility index (Phi) is 6.01. The van der Waals surface area contributed by atoms with Gasteiger partial charge in [-0.2, -0.15) is 11.3 Å². The first-order chi connectivity index (χ1) is 12.7. The summed E-state index contributed by atoms with van der Waals surface area (Å²) in [5.74, 6) is 1.13. The second kappa shape index (κ2) is 8.62. The molecule has 3 aliphatic rings. The predicted molar refractivity (Wildman–Crippen MR) is 101 cm³/mol. The lowest BCUT2D eigenvalue weighted by Gasteiger charge is -2.31. The molecular formula is C19H21N3O3S. The quantitative estimate of drug-likeness (QED) is 0.688. The van der Waals surface area contributed by atoms with Crippen molar-refractivity contribution in [3.8, 4) is 11.4 Å². The van der Waals surface area contributed by atoms with E-state index < -0.39 is 0 Å². The van der Waals surface area contributed by atoms with Crippen molar-refractivity contribution >= 4 is 23.7 Å². The van der Waals surface area contributed by atoms with Crippen LogP contribution < -0.4 is 5.32 Å². The third-order valence-corrected chi connectivity index (χ3v) is 5.37. The Morgan fingerprint density at radius 1 is 1.27 bits per heavy atom. The van der Waals surface area contributed by atoms with Gasteiger partial charge < -0.3 is 15.0 Å². The molecule has 1 aliphatic carbocycles. The van der Waals surface area contributed by atoms with Crippen molar-refractivity contribution in [2.24, 2.45) is 0 Å². The molecule has 1 aromatic heterocycles. The summed E-state index contributed by atoms with van der Waals surface area (Å²) in [6, 6.07) is 8.89. The van der Waals surface area contributed by atoms with Crippen LogP contribution in [0.1, 0.15) is 42.1 Å². The summed E-state index contributed by atoms with van der Waals surface area (Å²) >= 11 is 1.56. The molecular weight excluding hydrogens is 350 g/mol. The first-order valence-corrected chi connectivity index (χ1v) is 9.49. The number of carbonyl (C=O) groups is 2. The van der Waals surface area contributed by atoms with E-state index in [4.69, 9.17) is 9.90 Å². The monoisotopic (exact) mass is 371 g/mol. The SMILES string of the molecule is O=C(NC1CCC(n2cccc3ccnc2-3)CC1)c1ccsc1.O=CO. The molecule has 7 heteroatoms. The summed E-state index contributed by atoms with van der Waals surface area (Å²) in [7, 11) is 0. The molecule has 4 rings (SSSR count). The predicted octanol–water partition coefficient (Wildman–Crippen LogP) is 3.66. The number of fused-ring (bicyclic) bond motifs is 1. The highest BCUT2D eigenvalue weighted by atomic mass is 32.1. The zero-order valence-electron chi connectivity index (χ0n) is 14.2. The molecule has 136 valence electrons. The van der Waals surface area contributed by atoms with Gasteiger partial charge in [0, 0.05) is 41.0 Å². The van der Waals surface area contributed by atoms with Crippen LogP contribution in [0.5, 0.6) is 0 Å². The highest BCUT2D eigenvalue weighted by Crippen LogP contribution is 2.32. The topological polar surface area (TPSA) is 84.2 Å². The van der Waals surface area contributed by atoms with Crippen molar-refractivity contribution < 1.29 is 14.7 Å². The summed E-state index contributed by atoms with van der Waals surface area (Å²) in [6.07, 6.45) is 8.18. The van der Waals surface area contributed by atoms with Crippen molar-refractivity contribution in [1.82, 2.24) is 14.9 Å². The van der Waals surface area contributed by atoms with Gasteiger partial charge in [0.15, 0.2) is 0 Å². The summed E-state index contributed by atoms with van der Waals surface area (Å²) in [5, 5.41) is 13.9. The molecule has 0 unspecified atom stereocenters. The minimum Gasteiger partial charge on any atom is -0.483 e. The average molecular weight is 371 g/mol. The molecule has 6 nitrogen and oxygen atoms in total. The van der Waals surface area contributed by atoms with E-state index >= 15 is 0 Å². The van der Waals surface area contributed by atoms with Crippen LogP contribution >= 0.6 is 11.3 Å². The fourth-order valence-electron chi connectivity index (χ4n) is 3.45. The van der Waals surface area contributed by atoms with Gasteiger partial charge in [0.25, 0.3) is 12.4 Å². The number of hydrogen-bond donors (Lipinski definition) is 2. The molecule has 0 saturated heterocycles. The lowest BCUT2D eigenvalue weighted by Crippen LogP contribution is -2.37. The molecule has 26 heavy (non-hydrogen) atoms. The Hall–Kier alpha value is -2.67. The van der Waals surface area contributed by atoms with E-state index in [1.807, 2.05) is 23.0 Å². The van der Waals surface area contributed by atoms with E-state index in [1.165, 1.54) is 5.56 Å². The first kappa shape index (κ1) is 18.1. The van der Waals surface area contributed by atoms with Crippen molar-refractivity contribution in [3.63, 3.8) is 0 Å². The normalized spacial score (nSPS) is 19.4. The molecule has 3 heterocycles. The molecule has 0 aromatic carbocycles. The molecule has 0 bridgehead atoms. The summed E-state index contributed by atoms with van der Waals surface area (Å²) < 4.78 is 2.30. The Morgan fingerprint density at radius 3 is 2.73 bits per heavy atom. The van der Waals surface area contributed by atoms with Gasteiger partial charge in [-0.3, -0.25) is 9.59 Å². The van der Waals surface area contributed by atoms with Crippen molar-refractivity contribution in [2.45, 2.75) is 37.8 Å². The van der Waals surface area contributed by atoms with Crippen LogP contribution in [0.3, 0.4) is 0 Å². The third kappa shape index (κ3) is 4.11. The van der Waals surface area contributed by atoms with Crippen LogP contribution in [0, 0.1) is 0 Å². The molecule has 0 radical (unpaired) electrons. The summed E-state index contributed by atoms with van der Waals surface area (Å²) in [6.45, 7) is -0.250. The van der Waals surface area contributed by atoms with Crippen LogP contribution in [-0.2, 0) is 4.79 Å². The fourth-order valence-corrected chi connectivity index (χ4v) is 4.08. The maximum atomic E-state index is 12.1. The Labute approximate surface area is 155 Å².